The molecule has 0 aliphatic carbocycles. The van der Waals surface area contributed by atoms with Crippen LogP contribution in [0.4, 0.5) is 0 Å². The van der Waals surface area contributed by atoms with Gasteiger partial charge in [0.2, 0.25) is 0 Å². The summed E-state index contributed by atoms with van der Waals surface area (Å²) in [6.07, 6.45) is 2.46. The summed E-state index contributed by atoms with van der Waals surface area (Å²) in [6.45, 7) is 3.76. The summed E-state index contributed by atoms with van der Waals surface area (Å²) in [7, 11) is 1.73. The lowest BCUT2D eigenvalue weighted by molar-refractivity contribution is 0.0716. The van der Waals surface area contributed by atoms with Crippen molar-refractivity contribution in [2.24, 2.45) is 0 Å². The molecule has 1 N–H and O–H groups in total. The Labute approximate surface area is 123 Å². The van der Waals surface area contributed by atoms with Crippen LogP contribution in [0.5, 0.6) is 0 Å². The van der Waals surface area contributed by atoms with Gasteiger partial charge in [-0.1, -0.05) is 13.0 Å². The second-order valence-corrected chi connectivity index (χ2v) is 5.01. The number of pyridine rings is 2. The first kappa shape index (κ1) is 15.0. The molecule has 0 radical (unpaired) electrons. The number of hydrogen-bond acceptors (Lipinski definition) is 3. The number of nitrogens with one attached hydrogen (secondary N) is 1. The Balaban J connectivity index is 2.31. The van der Waals surface area contributed by atoms with Crippen molar-refractivity contribution in [1.82, 2.24) is 14.9 Å². The van der Waals surface area contributed by atoms with Gasteiger partial charge in [-0.25, -0.2) is 0 Å². The molecule has 1 unspecified atom stereocenters. The molecule has 5 heteroatoms. The monoisotopic (exact) mass is 285 g/mol. The van der Waals surface area contributed by atoms with E-state index in [1.54, 1.807) is 25.1 Å². The molecule has 1 atom stereocenters. The molecule has 2 rings (SSSR count). The first-order chi connectivity index (χ1) is 10.0. The van der Waals surface area contributed by atoms with Crippen LogP contribution in [0.1, 0.15) is 41.3 Å². The minimum atomic E-state index is -0.215. The quantitative estimate of drug-likeness (QED) is 0.937. The van der Waals surface area contributed by atoms with Gasteiger partial charge in [0.25, 0.3) is 5.91 Å². The molecular weight excluding hydrogens is 266 g/mol. The highest BCUT2D eigenvalue weighted by Crippen LogP contribution is 2.22. The van der Waals surface area contributed by atoms with Crippen molar-refractivity contribution < 1.29 is 4.79 Å². The Morgan fingerprint density at radius 1 is 1.38 bits per heavy atom. The fourth-order valence-electron chi connectivity index (χ4n) is 2.38. The lowest BCUT2D eigenvalue weighted by Gasteiger charge is -2.26. The highest BCUT2D eigenvalue weighted by atomic mass is 16.2. The fraction of sp³-hybridized carbons (Fsp3) is 0.312. The molecular formula is C16H19N3O2. The number of aryl methyl sites for hydroxylation is 1. The zero-order chi connectivity index (χ0) is 15.4. The summed E-state index contributed by atoms with van der Waals surface area (Å²) in [6, 6.07) is 8.32. The molecule has 2 aromatic rings. The van der Waals surface area contributed by atoms with E-state index in [-0.39, 0.29) is 17.4 Å². The van der Waals surface area contributed by atoms with Crippen LogP contribution in [0.25, 0.3) is 0 Å². The zero-order valence-electron chi connectivity index (χ0n) is 12.5. The second-order valence-electron chi connectivity index (χ2n) is 5.01. The van der Waals surface area contributed by atoms with Gasteiger partial charge in [-0.05, 0) is 25.5 Å². The number of nitrogens with zero attached hydrogens (tertiary/aromatic N) is 2. The van der Waals surface area contributed by atoms with Crippen molar-refractivity contribution in [3.63, 3.8) is 0 Å². The lowest BCUT2D eigenvalue weighted by atomic mass is 10.1. The van der Waals surface area contributed by atoms with Crippen LogP contribution in [-0.2, 0) is 0 Å². The summed E-state index contributed by atoms with van der Waals surface area (Å²) in [5, 5.41) is 0. The molecule has 0 bridgehead atoms. The van der Waals surface area contributed by atoms with Gasteiger partial charge in [0.05, 0.1) is 11.7 Å². The maximum atomic E-state index is 12.6. The van der Waals surface area contributed by atoms with Crippen LogP contribution in [-0.4, -0.2) is 27.8 Å². The van der Waals surface area contributed by atoms with Crippen molar-refractivity contribution in [3.05, 3.63) is 63.8 Å². The predicted octanol–water partition coefficient (Wildman–Crippen LogP) is 2.30. The van der Waals surface area contributed by atoms with E-state index in [4.69, 9.17) is 0 Å². The zero-order valence-corrected chi connectivity index (χ0v) is 12.5. The van der Waals surface area contributed by atoms with E-state index in [1.807, 2.05) is 25.1 Å². The first-order valence-electron chi connectivity index (χ1n) is 6.92. The summed E-state index contributed by atoms with van der Waals surface area (Å²) in [5.74, 6) is -0.215. The minimum Gasteiger partial charge on any atom is -0.354 e. The Morgan fingerprint density at radius 2 is 2.14 bits per heavy atom. The smallest absolute Gasteiger partial charge is 0.270 e. The largest absolute Gasteiger partial charge is 0.354 e. The van der Waals surface area contributed by atoms with E-state index in [0.717, 1.165) is 12.1 Å². The van der Waals surface area contributed by atoms with E-state index >= 15 is 0 Å². The molecule has 2 heterocycles. The van der Waals surface area contributed by atoms with Gasteiger partial charge in [-0.3, -0.25) is 14.6 Å². The van der Waals surface area contributed by atoms with Crippen molar-refractivity contribution in [2.45, 2.75) is 26.3 Å². The Bertz CT molecular complexity index is 679. The molecule has 5 nitrogen and oxygen atoms in total. The fourth-order valence-corrected chi connectivity index (χ4v) is 2.38. The average Bonchev–Trinajstić information content (AvgIpc) is 2.47. The molecule has 110 valence electrons. The van der Waals surface area contributed by atoms with Crippen LogP contribution in [0.15, 0.2) is 41.3 Å². The van der Waals surface area contributed by atoms with Crippen LogP contribution in [0.3, 0.4) is 0 Å². The van der Waals surface area contributed by atoms with Gasteiger partial charge in [0.15, 0.2) is 5.43 Å². The third-order valence-corrected chi connectivity index (χ3v) is 3.41. The van der Waals surface area contributed by atoms with Crippen molar-refractivity contribution in [2.75, 3.05) is 7.05 Å². The van der Waals surface area contributed by atoms with E-state index < -0.39 is 0 Å². The molecule has 0 aromatic carbocycles. The Hall–Kier alpha value is -2.43. The van der Waals surface area contributed by atoms with Crippen molar-refractivity contribution in [1.29, 1.82) is 0 Å². The van der Waals surface area contributed by atoms with Crippen molar-refractivity contribution in [3.8, 4) is 0 Å². The molecule has 2 aromatic heterocycles. The van der Waals surface area contributed by atoms with E-state index in [1.165, 1.54) is 12.1 Å². The van der Waals surface area contributed by atoms with E-state index in [0.29, 0.717) is 11.4 Å². The Morgan fingerprint density at radius 3 is 2.71 bits per heavy atom. The van der Waals surface area contributed by atoms with Gasteiger partial charge in [0, 0.05) is 31.1 Å². The molecule has 0 saturated heterocycles. The molecule has 0 saturated carbocycles. The molecule has 0 fully saturated rings. The van der Waals surface area contributed by atoms with Crippen molar-refractivity contribution >= 4 is 5.91 Å². The Kier molecular flexibility index (Phi) is 4.52. The molecule has 21 heavy (non-hydrogen) atoms. The second kappa shape index (κ2) is 6.35. The van der Waals surface area contributed by atoms with Crippen LogP contribution in [0.2, 0.25) is 0 Å². The molecule has 1 amide bonds. The number of carbonyl (C=O) groups is 1. The molecule has 0 aliphatic rings. The van der Waals surface area contributed by atoms with Crippen LogP contribution >= 0.6 is 0 Å². The number of hydrogen-bond donors (Lipinski definition) is 1. The average molecular weight is 285 g/mol. The van der Waals surface area contributed by atoms with Gasteiger partial charge >= 0.3 is 0 Å². The van der Waals surface area contributed by atoms with Gasteiger partial charge in [0.1, 0.15) is 5.69 Å². The molecule has 0 aliphatic heterocycles. The van der Waals surface area contributed by atoms with Crippen LogP contribution < -0.4 is 5.43 Å². The highest BCUT2D eigenvalue weighted by Gasteiger charge is 2.22. The number of rotatable bonds is 4. The van der Waals surface area contributed by atoms with Gasteiger partial charge < -0.3 is 9.88 Å². The van der Waals surface area contributed by atoms with E-state index in [9.17, 15) is 9.59 Å². The minimum absolute atomic E-state index is 0.122. The summed E-state index contributed by atoms with van der Waals surface area (Å²) >= 11 is 0. The topological polar surface area (TPSA) is 66.1 Å². The summed E-state index contributed by atoms with van der Waals surface area (Å²) < 4.78 is 0. The third-order valence-electron chi connectivity index (χ3n) is 3.41. The number of aromatic nitrogens is 2. The number of aromatic amines is 1. The maximum Gasteiger partial charge on any atom is 0.270 e. The van der Waals surface area contributed by atoms with Gasteiger partial charge in [-0.15, -0.1) is 0 Å². The lowest BCUT2D eigenvalue weighted by Crippen LogP contribution is -2.32. The summed E-state index contributed by atoms with van der Waals surface area (Å²) in [5.41, 5.74) is 1.64. The third kappa shape index (κ3) is 3.37. The number of H-pyrrole nitrogens is 1. The summed E-state index contributed by atoms with van der Waals surface area (Å²) in [4.78, 5) is 33.0. The first-order valence-corrected chi connectivity index (χ1v) is 6.92. The standard InChI is InChI=1S/C16H19N3O2/c1-4-15(13-7-5-6-8-17-13)19(3)16(21)14-10-12(20)9-11(2)18-14/h5-10,15H,4H2,1-3H3,(H,18,20). The van der Waals surface area contributed by atoms with E-state index in [2.05, 4.69) is 9.97 Å². The van der Waals surface area contributed by atoms with Gasteiger partial charge in [-0.2, -0.15) is 0 Å². The SMILES string of the molecule is CCC(c1ccccn1)N(C)C(=O)c1cc(=O)cc(C)[nH]1. The highest BCUT2D eigenvalue weighted by molar-refractivity contribution is 5.92. The number of amides is 1. The molecule has 0 spiro atoms. The normalized spacial score (nSPS) is 12.0. The predicted molar refractivity (Wildman–Crippen MR) is 81.2 cm³/mol. The number of carbonyl (C=O) groups excluding carboxylic acids is 1. The van der Waals surface area contributed by atoms with Crippen LogP contribution in [0, 0.1) is 6.92 Å². The maximum absolute atomic E-state index is 12.6.